The van der Waals surface area contributed by atoms with Crippen LogP contribution >= 0.6 is 0 Å². The van der Waals surface area contributed by atoms with Crippen LogP contribution in [0.15, 0.2) is 23.1 Å². The number of pyridine rings is 1. The molecule has 0 amide bonds. The zero-order valence-corrected chi connectivity index (χ0v) is 6.94. The molecule has 0 atom stereocenters. The van der Waals surface area contributed by atoms with E-state index in [1.54, 1.807) is 12.3 Å². The van der Waals surface area contributed by atoms with Gasteiger partial charge in [0.1, 0.15) is 5.65 Å². The Labute approximate surface area is 73.4 Å². The van der Waals surface area contributed by atoms with Gasteiger partial charge in [0.05, 0.1) is 7.11 Å². The van der Waals surface area contributed by atoms with Gasteiger partial charge in [-0.25, -0.2) is 4.98 Å². The van der Waals surface area contributed by atoms with Crippen molar-refractivity contribution < 1.29 is 4.74 Å². The van der Waals surface area contributed by atoms with Crippen LogP contribution in [0.5, 0.6) is 6.01 Å². The summed E-state index contributed by atoms with van der Waals surface area (Å²) in [4.78, 5) is 21.4. The third-order valence-electron chi connectivity index (χ3n) is 1.63. The van der Waals surface area contributed by atoms with Gasteiger partial charge in [-0.1, -0.05) is 0 Å². The van der Waals surface area contributed by atoms with E-state index >= 15 is 0 Å². The van der Waals surface area contributed by atoms with Crippen molar-refractivity contribution in [3.63, 3.8) is 0 Å². The van der Waals surface area contributed by atoms with Crippen LogP contribution in [-0.2, 0) is 0 Å². The SMILES string of the molecule is COc1ncc2ccc(=O)[nH]c2n1. The van der Waals surface area contributed by atoms with Crippen molar-refractivity contribution in [1.29, 1.82) is 0 Å². The summed E-state index contributed by atoms with van der Waals surface area (Å²) in [5.74, 6) is 0. The third kappa shape index (κ3) is 1.35. The van der Waals surface area contributed by atoms with Gasteiger partial charge in [0.15, 0.2) is 0 Å². The van der Waals surface area contributed by atoms with Gasteiger partial charge in [-0.3, -0.25) is 4.79 Å². The number of hydrogen-bond acceptors (Lipinski definition) is 4. The number of hydrogen-bond donors (Lipinski definition) is 1. The highest BCUT2D eigenvalue weighted by Crippen LogP contribution is 2.08. The Morgan fingerprint density at radius 3 is 3.08 bits per heavy atom. The van der Waals surface area contributed by atoms with Crippen molar-refractivity contribution in [2.24, 2.45) is 0 Å². The Bertz CT molecular complexity index is 492. The highest BCUT2D eigenvalue weighted by Gasteiger charge is 1.98. The van der Waals surface area contributed by atoms with Crippen LogP contribution in [0.25, 0.3) is 11.0 Å². The normalized spacial score (nSPS) is 10.2. The minimum atomic E-state index is -0.187. The molecule has 0 aliphatic carbocycles. The van der Waals surface area contributed by atoms with Gasteiger partial charge >= 0.3 is 6.01 Å². The number of fused-ring (bicyclic) bond motifs is 1. The van der Waals surface area contributed by atoms with E-state index in [0.717, 1.165) is 5.39 Å². The Hall–Kier alpha value is -1.91. The highest BCUT2D eigenvalue weighted by atomic mass is 16.5. The molecule has 0 saturated heterocycles. The Balaban J connectivity index is 2.75. The van der Waals surface area contributed by atoms with Crippen LogP contribution in [0.2, 0.25) is 0 Å². The summed E-state index contributed by atoms with van der Waals surface area (Å²) in [5, 5.41) is 0.778. The average molecular weight is 177 g/mol. The van der Waals surface area contributed by atoms with Gasteiger partial charge < -0.3 is 9.72 Å². The number of rotatable bonds is 1. The molecule has 2 rings (SSSR count). The molecule has 1 N–H and O–H groups in total. The molecule has 0 bridgehead atoms. The van der Waals surface area contributed by atoms with Crippen LogP contribution < -0.4 is 10.3 Å². The number of aromatic nitrogens is 3. The summed E-state index contributed by atoms with van der Waals surface area (Å²) < 4.78 is 4.82. The van der Waals surface area contributed by atoms with E-state index in [9.17, 15) is 4.79 Å². The van der Waals surface area contributed by atoms with Gasteiger partial charge in [0.2, 0.25) is 5.56 Å². The molecular weight excluding hydrogens is 170 g/mol. The minimum absolute atomic E-state index is 0.187. The lowest BCUT2D eigenvalue weighted by molar-refractivity contribution is 0.381. The van der Waals surface area contributed by atoms with Crippen LogP contribution in [-0.4, -0.2) is 22.1 Å². The van der Waals surface area contributed by atoms with E-state index in [-0.39, 0.29) is 11.6 Å². The first kappa shape index (κ1) is 7.72. The molecule has 0 aliphatic heterocycles. The number of methoxy groups -OCH3 is 1. The quantitative estimate of drug-likeness (QED) is 0.681. The molecular formula is C8H7N3O2. The second-order valence-corrected chi connectivity index (χ2v) is 2.48. The monoisotopic (exact) mass is 177 g/mol. The van der Waals surface area contributed by atoms with E-state index in [0.29, 0.717) is 5.65 Å². The molecule has 0 spiro atoms. The fourth-order valence-electron chi connectivity index (χ4n) is 1.02. The Morgan fingerprint density at radius 2 is 2.31 bits per heavy atom. The summed E-state index contributed by atoms with van der Waals surface area (Å²) in [6.07, 6.45) is 1.59. The van der Waals surface area contributed by atoms with Crippen LogP contribution in [0, 0.1) is 0 Å². The van der Waals surface area contributed by atoms with Gasteiger partial charge in [-0.15, -0.1) is 0 Å². The van der Waals surface area contributed by atoms with Crippen molar-refractivity contribution >= 4 is 11.0 Å². The fraction of sp³-hybridized carbons (Fsp3) is 0.125. The molecule has 13 heavy (non-hydrogen) atoms. The van der Waals surface area contributed by atoms with Gasteiger partial charge in [0, 0.05) is 17.6 Å². The number of nitrogens with one attached hydrogen (secondary N) is 1. The average Bonchev–Trinajstić information content (AvgIpc) is 2.16. The molecule has 2 aromatic heterocycles. The van der Waals surface area contributed by atoms with Gasteiger partial charge in [-0.05, 0) is 6.07 Å². The molecule has 0 radical (unpaired) electrons. The first-order valence-electron chi connectivity index (χ1n) is 3.69. The Kier molecular flexibility index (Phi) is 1.70. The fourth-order valence-corrected chi connectivity index (χ4v) is 1.02. The van der Waals surface area contributed by atoms with Crippen molar-refractivity contribution in [3.8, 4) is 6.01 Å². The molecule has 0 fully saturated rings. The first-order chi connectivity index (χ1) is 6.29. The van der Waals surface area contributed by atoms with E-state index in [1.165, 1.54) is 13.2 Å². The molecule has 5 heteroatoms. The smallest absolute Gasteiger partial charge is 0.318 e. The van der Waals surface area contributed by atoms with Crippen molar-refractivity contribution in [3.05, 3.63) is 28.7 Å². The predicted octanol–water partition coefficient (Wildman–Crippen LogP) is 0.327. The largest absolute Gasteiger partial charge is 0.467 e. The lowest BCUT2D eigenvalue weighted by Gasteiger charge is -1.98. The maximum absolute atomic E-state index is 10.9. The third-order valence-corrected chi connectivity index (χ3v) is 1.63. The van der Waals surface area contributed by atoms with Gasteiger partial charge in [-0.2, -0.15) is 4.98 Å². The number of H-pyrrole nitrogens is 1. The maximum Gasteiger partial charge on any atom is 0.318 e. The summed E-state index contributed by atoms with van der Waals surface area (Å²) in [6, 6.07) is 3.33. The molecule has 66 valence electrons. The number of aromatic amines is 1. The second kappa shape index (κ2) is 2.85. The summed E-state index contributed by atoms with van der Waals surface area (Å²) in [5.41, 5.74) is 0.299. The predicted molar refractivity (Wildman–Crippen MR) is 46.7 cm³/mol. The van der Waals surface area contributed by atoms with E-state index in [1.807, 2.05) is 0 Å². The first-order valence-corrected chi connectivity index (χ1v) is 3.69. The number of ether oxygens (including phenoxy) is 1. The molecule has 2 heterocycles. The zero-order valence-electron chi connectivity index (χ0n) is 6.94. The molecule has 0 unspecified atom stereocenters. The molecule has 5 nitrogen and oxygen atoms in total. The van der Waals surface area contributed by atoms with Gasteiger partial charge in [0.25, 0.3) is 0 Å². The topological polar surface area (TPSA) is 67.9 Å². The summed E-state index contributed by atoms with van der Waals surface area (Å²) >= 11 is 0. The summed E-state index contributed by atoms with van der Waals surface area (Å²) in [7, 11) is 1.47. The van der Waals surface area contributed by atoms with Crippen molar-refractivity contribution in [2.75, 3.05) is 7.11 Å². The van der Waals surface area contributed by atoms with Crippen LogP contribution in [0.3, 0.4) is 0 Å². The molecule has 0 saturated carbocycles. The molecule has 0 aliphatic rings. The Morgan fingerprint density at radius 1 is 1.46 bits per heavy atom. The lowest BCUT2D eigenvalue weighted by Crippen LogP contribution is -2.04. The van der Waals surface area contributed by atoms with Crippen molar-refractivity contribution in [1.82, 2.24) is 15.0 Å². The molecule has 0 aromatic carbocycles. The lowest BCUT2D eigenvalue weighted by atomic mass is 10.3. The van der Waals surface area contributed by atoms with Crippen LogP contribution in [0.1, 0.15) is 0 Å². The number of nitrogens with zero attached hydrogens (tertiary/aromatic N) is 2. The zero-order chi connectivity index (χ0) is 9.26. The maximum atomic E-state index is 10.9. The molecule has 2 aromatic rings. The second-order valence-electron chi connectivity index (χ2n) is 2.48. The standard InChI is InChI=1S/C8H7N3O2/c1-13-8-9-4-5-2-3-6(12)10-7(5)11-8/h2-4H,1H3,(H,9,10,11,12). The van der Waals surface area contributed by atoms with E-state index in [2.05, 4.69) is 15.0 Å². The minimum Gasteiger partial charge on any atom is -0.467 e. The van der Waals surface area contributed by atoms with Crippen LogP contribution in [0.4, 0.5) is 0 Å². The van der Waals surface area contributed by atoms with E-state index < -0.39 is 0 Å². The van der Waals surface area contributed by atoms with Crippen molar-refractivity contribution in [2.45, 2.75) is 0 Å². The highest BCUT2D eigenvalue weighted by molar-refractivity contribution is 5.73. The summed E-state index contributed by atoms with van der Waals surface area (Å²) in [6.45, 7) is 0. The van der Waals surface area contributed by atoms with E-state index in [4.69, 9.17) is 4.74 Å².